The zero-order chi connectivity index (χ0) is 16.7. The quantitative estimate of drug-likeness (QED) is 0.730. The molecule has 5 heteroatoms. The molecular weight excluding hydrogens is 291 g/mol. The molecule has 0 aromatic rings. The summed E-state index contributed by atoms with van der Waals surface area (Å²) in [4.78, 5) is 0. The molecule has 0 radical (unpaired) electrons. The van der Waals surface area contributed by atoms with Crippen LogP contribution in [0.5, 0.6) is 0 Å². The minimum Gasteiger partial charge on any atom is -0.498 e. The van der Waals surface area contributed by atoms with Gasteiger partial charge in [-0.15, -0.1) is 0 Å². The van der Waals surface area contributed by atoms with Gasteiger partial charge in [0.2, 0.25) is 0 Å². The smallest absolute Gasteiger partial charge is 0.432 e. The van der Waals surface area contributed by atoms with E-state index < -0.39 is 11.9 Å². The SMILES string of the molecule is CC1C=C(OCC(C)C)C(C)C2CC2C(C(=N)C(F)(F)F)=C1. The molecule has 2 nitrogen and oxygen atoms in total. The van der Waals surface area contributed by atoms with E-state index in [0.29, 0.717) is 18.9 Å². The molecule has 0 bridgehead atoms. The van der Waals surface area contributed by atoms with Gasteiger partial charge >= 0.3 is 6.18 Å². The Labute approximate surface area is 129 Å². The Bertz CT molecular complexity index is 505. The molecule has 0 heterocycles. The Morgan fingerprint density at radius 1 is 1.32 bits per heavy atom. The standard InChI is InChI=1S/C17H24F3NO/c1-9(2)8-22-15-6-10(3)5-14(16(21)17(18,19)20)13-7-12(13)11(15)4/h5-6,9-13,21H,7-8H2,1-4H3. The molecule has 0 spiro atoms. The molecule has 0 amide bonds. The number of hydrogen-bond acceptors (Lipinski definition) is 2. The molecule has 4 unspecified atom stereocenters. The second-order valence-electron chi connectivity index (χ2n) is 6.92. The first-order chi connectivity index (χ1) is 10.1. The van der Waals surface area contributed by atoms with Gasteiger partial charge in [0.25, 0.3) is 0 Å². The van der Waals surface area contributed by atoms with Crippen LogP contribution >= 0.6 is 0 Å². The maximum atomic E-state index is 12.9. The molecule has 1 N–H and O–H groups in total. The van der Waals surface area contributed by atoms with E-state index in [1.165, 1.54) is 0 Å². The number of hydrogen-bond donors (Lipinski definition) is 1. The van der Waals surface area contributed by atoms with Gasteiger partial charge in [-0.3, -0.25) is 5.41 Å². The summed E-state index contributed by atoms with van der Waals surface area (Å²) in [6, 6.07) is 0. The van der Waals surface area contributed by atoms with Crippen LogP contribution in [-0.4, -0.2) is 18.5 Å². The highest BCUT2D eigenvalue weighted by Crippen LogP contribution is 2.53. The third kappa shape index (κ3) is 3.73. The topological polar surface area (TPSA) is 33.1 Å². The Balaban J connectivity index is 2.25. The van der Waals surface area contributed by atoms with E-state index in [1.54, 1.807) is 6.08 Å². The third-order valence-corrected chi connectivity index (χ3v) is 4.36. The van der Waals surface area contributed by atoms with Crippen molar-refractivity contribution in [2.45, 2.75) is 40.3 Å². The molecule has 2 rings (SSSR count). The highest BCUT2D eigenvalue weighted by molar-refractivity contribution is 6.02. The van der Waals surface area contributed by atoms with E-state index in [9.17, 15) is 13.2 Å². The summed E-state index contributed by atoms with van der Waals surface area (Å²) >= 11 is 0. The van der Waals surface area contributed by atoms with Gasteiger partial charge in [0, 0.05) is 5.92 Å². The third-order valence-electron chi connectivity index (χ3n) is 4.36. The summed E-state index contributed by atoms with van der Waals surface area (Å²) in [5, 5.41) is 7.46. The highest BCUT2D eigenvalue weighted by Gasteiger charge is 2.50. The van der Waals surface area contributed by atoms with E-state index in [0.717, 1.165) is 5.76 Å². The Kier molecular flexibility index (Phi) is 4.73. The first-order valence-electron chi connectivity index (χ1n) is 7.83. The van der Waals surface area contributed by atoms with E-state index in [-0.39, 0.29) is 29.2 Å². The van der Waals surface area contributed by atoms with Gasteiger partial charge in [-0.05, 0) is 41.7 Å². The van der Waals surface area contributed by atoms with Crippen LogP contribution in [0.3, 0.4) is 0 Å². The normalized spacial score (nSPS) is 31.6. The summed E-state index contributed by atoms with van der Waals surface area (Å²) in [6.45, 7) is 8.62. The minimum absolute atomic E-state index is 0.107. The number of halogens is 3. The lowest BCUT2D eigenvalue weighted by Gasteiger charge is -2.23. The average molecular weight is 315 g/mol. The number of ether oxygens (including phenoxy) is 1. The van der Waals surface area contributed by atoms with Crippen LogP contribution in [0.4, 0.5) is 13.2 Å². The van der Waals surface area contributed by atoms with Crippen molar-refractivity contribution in [3.8, 4) is 0 Å². The predicted molar refractivity (Wildman–Crippen MR) is 80.7 cm³/mol. The second-order valence-corrected chi connectivity index (χ2v) is 6.92. The Hall–Kier alpha value is -1.26. The van der Waals surface area contributed by atoms with Crippen molar-refractivity contribution in [1.29, 1.82) is 5.41 Å². The number of allylic oxidation sites excluding steroid dienone is 4. The van der Waals surface area contributed by atoms with Crippen molar-refractivity contribution in [1.82, 2.24) is 0 Å². The van der Waals surface area contributed by atoms with Gasteiger partial charge in [-0.25, -0.2) is 0 Å². The summed E-state index contributed by atoms with van der Waals surface area (Å²) in [5.41, 5.74) is -1.02. The molecular formula is C17H24F3NO. The largest absolute Gasteiger partial charge is 0.498 e. The van der Waals surface area contributed by atoms with Crippen LogP contribution in [0.1, 0.15) is 34.1 Å². The summed E-state index contributed by atoms with van der Waals surface area (Å²) in [7, 11) is 0. The molecule has 1 saturated carbocycles. The fourth-order valence-electron chi connectivity index (χ4n) is 3.08. The Morgan fingerprint density at radius 3 is 2.50 bits per heavy atom. The molecule has 0 aliphatic heterocycles. The van der Waals surface area contributed by atoms with Gasteiger partial charge < -0.3 is 4.74 Å². The second kappa shape index (κ2) is 6.09. The van der Waals surface area contributed by atoms with Crippen molar-refractivity contribution < 1.29 is 17.9 Å². The summed E-state index contributed by atoms with van der Waals surface area (Å²) in [5.74, 6) is 1.24. The van der Waals surface area contributed by atoms with Crippen molar-refractivity contribution in [2.75, 3.05) is 6.61 Å². The molecule has 0 aromatic carbocycles. The van der Waals surface area contributed by atoms with Crippen LogP contribution in [0.2, 0.25) is 0 Å². The number of fused-ring (bicyclic) bond motifs is 1. The molecule has 1 fully saturated rings. The Morgan fingerprint density at radius 2 is 1.95 bits per heavy atom. The van der Waals surface area contributed by atoms with Crippen LogP contribution in [0.25, 0.3) is 0 Å². The number of rotatable bonds is 4. The minimum atomic E-state index is -4.57. The van der Waals surface area contributed by atoms with Crippen LogP contribution in [0, 0.1) is 35.0 Å². The molecule has 124 valence electrons. The van der Waals surface area contributed by atoms with Crippen molar-refractivity contribution in [3.63, 3.8) is 0 Å². The lowest BCUT2D eigenvalue weighted by atomic mass is 9.90. The maximum absolute atomic E-state index is 12.9. The van der Waals surface area contributed by atoms with Gasteiger partial charge in [-0.2, -0.15) is 13.2 Å². The van der Waals surface area contributed by atoms with E-state index in [1.807, 2.05) is 19.9 Å². The number of nitrogens with one attached hydrogen (secondary N) is 1. The van der Waals surface area contributed by atoms with Crippen LogP contribution in [-0.2, 0) is 4.74 Å². The van der Waals surface area contributed by atoms with Gasteiger partial charge in [0.05, 0.1) is 12.4 Å². The predicted octanol–water partition coefficient (Wildman–Crippen LogP) is 4.97. The van der Waals surface area contributed by atoms with Crippen molar-refractivity contribution in [3.05, 3.63) is 23.5 Å². The van der Waals surface area contributed by atoms with E-state index in [4.69, 9.17) is 10.1 Å². The first kappa shape index (κ1) is 17.1. The summed E-state index contributed by atoms with van der Waals surface area (Å²) in [6.07, 6.45) is -0.362. The maximum Gasteiger partial charge on any atom is 0.432 e. The van der Waals surface area contributed by atoms with Gasteiger partial charge in [-0.1, -0.05) is 33.8 Å². The molecule has 0 saturated heterocycles. The average Bonchev–Trinajstić information content (AvgIpc) is 3.16. The first-order valence-corrected chi connectivity index (χ1v) is 7.83. The van der Waals surface area contributed by atoms with Crippen molar-refractivity contribution in [2.24, 2.45) is 29.6 Å². The fourth-order valence-corrected chi connectivity index (χ4v) is 3.08. The number of alkyl halides is 3. The highest BCUT2D eigenvalue weighted by atomic mass is 19.4. The zero-order valence-corrected chi connectivity index (χ0v) is 13.5. The molecule has 4 atom stereocenters. The zero-order valence-electron chi connectivity index (χ0n) is 13.5. The van der Waals surface area contributed by atoms with Gasteiger partial charge in [0.15, 0.2) is 0 Å². The lowest BCUT2D eigenvalue weighted by molar-refractivity contribution is -0.0592. The van der Waals surface area contributed by atoms with E-state index >= 15 is 0 Å². The monoisotopic (exact) mass is 315 g/mol. The van der Waals surface area contributed by atoms with Crippen LogP contribution in [0.15, 0.2) is 23.5 Å². The molecule has 2 aliphatic carbocycles. The lowest BCUT2D eigenvalue weighted by Crippen LogP contribution is -2.26. The molecule has 22 heavy (non-hydrogen) atoms. The van der Waals surface area contributed by atoms with Crippen molar-refractivity contribution >= 4 is 5.71 Å². The van der Waals surface area contributed by atoms with Gasteiger partial charge in [0.1, 0.15) is 5.71 Å². The summed E-state index contributed by atoms with van der Waals surface area (Å²) < 4.78 is 44.5. The van der Waals surface area contributed by atoms with E-state index in [2.05, 4.69) is 13.8 Å². The molecule has 2 aliphatic rings. The molecule has 0 aromatic heterocycles. The fraction of sp³-hybridized carbons (Fsp3) is 0.706. The van der Waals surface area contributed by atoms with Crippen LogP contribution < -0.4 is 0 Å².